The monoisotopic (exact) mass is 331 g/mol. The van der Waals surface area contributed by atoms with E-state index in [0.717, 1.165) is 25.9 Å². The van der Waals surface area contributed by atoms with Gasteiger partial charge in [-0.3, -0.25) is 0 Å². The Balaban J connectivity index is 2.58. The van der Waals surface area contributed by atoms with E-state index in [-0.39, 0.29) is 5.82 Å². The molecule has 4 heteroatoms. The summed E-state index contributed by atoms with van der Waals surface area (Å²) in [5, 5.41) is 0. The maximum atomic E-state index is 12.8. The van der Waals surface area contributed by atoms with Gasteiger partial charge in [0, 0.05) is 15.7 Å². The SMILES string of the molecule is Cc1[nH]c(Br)c(-c2ccc(F)cc2)c1Br. The van der Waals surface area contributed by atoms with Crippen molar-refractivity contribution in [2.24, 2.45) is 0 Å². The Morgan fingerprint density at radius 3 is 2.20 bits per heavy atom. The van der Waals surface area contributed by atoms with Gasteiger partial charge in [0.1, 0.15) is 5.82 Å². The Morgan fingerprint density at radius 2 is 1.73 bits per heavy atom. The molecule has 78 valence electrons. The third kappa shape index (κ3) is 2.01. The maximum absolute atomic E-state index is 12.8. The number of rotatable bonds is 1. The van der Waals surface area contributed by atoms with Crippen molar-refractivity contribution in [2.45, 2.75) is 6.92 Å². The van der Waals surface area contributed by atoms with Crippen LogP contribution in [-0.4, -0.2) is 4.98 Å². The Morgan fingerprint density at radius 1 is 1.13 bits per heavy atom. The van der Waals surface area contributed by atoms with Gasteiger partial charge >= 0.3 is 0 Å². The number of halogens is 3. The highest BCUT2D eigenvalue weighted by atomic mass is 79.9. The molecule has 0 spiro atoms. The molecule has 0 amide bonds. The predicted molar refractivity (Wildman–Crippen MR) is 66.3 cm³/mol. The highest BCUT2D eigenvalue weighted by Crippen LogP contribution is 2.37. The standard InChI is InChI=1S/C11H8Br2FN/c1-6-10(12)9(11(13)15-6)7-2-4-8(14)5-3-7/h2-5,15H,1H3. The van der Waals surface area contributed by atoms with E-state index in [1.54, 1.807) is 12.1 Å². The van der Waals surface area contributed by atoms with Crippen LogP contribution in [0, 0.1) is 12.7 Å². The summed E-state index contributed by atoms with van der Waals surface area (Å²) in [6, 6.07) is 6.42. The molecule has 0 aliphatic heterocycles. The normalized spacial score (nSPS) is 10.7. The molecule has 0 atom stereocenters. The van der Waals surface area contributed by atoms with Gasteiger partial charge in [-0.05, 0) is 56.5 Å². The first-order chi connectivity index (χ1) is 7.09. The zero-order valence-corrected chi connectivity index (χ0v) is 11.1. The lowest BCUT2D eigenvalue weighted by molar-refractivity contribution is 0.628. The van der Waals surface area contributed by atoms with Crippen LogP contribution in [0.25, 0.3) is 11.1 Å². The summed E-state index contributed by atoms with van der Waals surface area (Å²) in [4.78, 5) is 3.16. The fourth-order valence-electron chi connectivity index (χ4n) is 1.44. The Hall–Kier alpha value is -0.610. The van der Waals surface area contributed by atoms with Gasteiger partial charge in [0.05, 0.1) is 4.60 Å². The maximum Gasteiger partial charge on any atom is 0.123 e. The first-order valence-electron chi connectivity index (χ1n) is 4.39. The van der Waals surface area contributed by atoms with Crippen molar-refractivity contribution in [3.05, 3.63) is 44.9 Å². The Bertz CT molecular complexity index is 488. The van der Waals surface area contributed by atoms with Crippen molar-refractivity contribution >= 4 is 31.9 Å². The van der Waals surface area contributed by atoms with Crippen LogP contribution < -0.4 is 0 Å². The summed E-state index contributed by atoms with van der Waals surface area (Å²) < 4.78 is 14.7. The number of nitrogens with one attached hydrogen (secondary N) is 1. The van der Waals surface area contributed by atoms with Gasteiger partial charge in [-0.15, -0.1) is 0 Å². The third-order valence-electron chi connectivity index (χ3n) is 2.20. The van der Waals surface area contributed by atoms with Crippen molar-refractivity contribution in [2.75, 3.05) is 0 Å². The van der Waals surface area contributed by atoms with E-state index in [1.807, 2.05) is 6.92 Å². The van der Waals surface area contributed by atoms with Crippen LogP contribution in [0.1, 0.15) is 5.69 Å². The first kappa shape index (κ1) is 10.9. The van der Waals surface area contributed by atoms with E-state index in [4.69, 9.17) is 0 Å². The number of benzene rings is 1. The summed E-state index contributed by atoms with van der Waals surface area (Å²) in [6.07, 6.45) is 0. The van der Waals surface area contributed by atoms with Crippen LogP contribution in [0.5, 0.6) is 0 Å². The molecule has 0 aliphatic carbocycles. The van der Waals surface area contributed by atoms with Crippen LogP contribution in [-0.2, 0) is 0 Å². The van der Waals surface area contributed by atoms with Gasteiger partial charge in [-0.25, -0.2) is 4.39 Å². The summed E-state index contributed by atoms with van der Waals surface area (Å²) in [7, 11) is 0. The summed E-state index contributed by atoms with van der Waals surface area (Å²) in [6.45, 7) is 1.97. The van der Waals surface area contributed by atoms with E-state index in [9.17, 15) is 4.39 Å². The van der Waals surface area contributed by atoms with Crippen molar-refractivity contribution in [1.82, 2.24) is 4.98 Å². The van der Waals surface area contributed by atoms with Crippen molar-refractivity contribution in [3.8, 4) is 11.1 Å². The number of H-pyrrole nitrogens is 1. The second-order valence-electron chi connectivity index (χ2n) is 3.26. The summed E-state index contributed by atoms with van der Waals surface area (Å²) in [5.41, 5.74) is 3.04. The molecule has 0 radical (unpaired) electrons. The van der Waals surface area contributed by atoms with Crippen molar-refractivity contribution in [1.29, 1.82) is 0 Å². The minimum Gasteiger partial charge on any atom is -0.352 e. The van der Waals surface area contributed by atoms with Crippen molar-refractivity contribution in [3.63, 3.8) is 0 Å². The minimum absolute atomic E-state index is 0.224. The van der Waals surface area contributed by atoms with Gasteiger partial charge in [-0.1, -0.05) is 12.1 Å². The Kier molecular flexibility index (Phi) is 2.98. The minimum atomic E-state index is -0.224. The number of aromatic amines is 1. The van der Waals surface area contributed by atoms with Gasteiger partial charge in [0.25, 0.3) is 0 Å². The summed E-state index contributed by atoms with van der Waals surface area (Å²) in [5.74, 6) is -0.224. The zero-order chi connectivity index (χ0) is 11.0. The molecule has 1 aromatic carbocycles. The van der Waals surface area contributed by atoms with Crippen LogP contribution in [0.15, 0.2) is 33.3 Å². The fourth-order valence-corrected chi connectivity index (χ4v) is 2.95. The van der Waals surface area contributed by atoms with E-state index < -0.39 is 0 Å². The van der Waals surface area contributed by atoms with Gasteiger partial charge in [0.2, 0.25) is 0 Å². The highest BCUT2D eigenvalue weighted by molar-refractivity contribution is 9.11. The number of hydrogen-bond donors (Lipinski definition) is 1. The average Bonchev–Trinajstić information content (AvgIpc) is 2.44. The molecule has 0 bridgehead atoms. The van der Waals surface area contributed by atoms with Gasteiger partial charge < -0.3 is 4.98 Å². The van der Waals surface area contributed by atoms with E-state index in [2.05, 4.69) is 36.8 Å². The molecular formula is C11H8Br2FN. The predicted octanol–water partition coefficient (Wildman–Crippen LogP) is 4.65. The molecule has 0 fully saturated rings. The molecule has 1 heterocycles. The molecular weight excluding hydrogens is 325 g/mol. The second-order valence-corrected chi connectivity index (χ2v) is 4.85. The number of aryl methyl sites for hydroxylation is 1. The number of hydrogen-bond acceptors (Lipinski definition) is 0. The topological polar surface area (TPSA) is 15.8 Å². The third-order valence-corrected chi connectivity index (χ3v) is 3.78. The molecule has 1 N–H and O–H groups in total. The van der Waals surface area contributed by atoms with E-state index in [0.29, 0.717) is 0 Å². The number of aromatic nitrogens is 1. The van der Waals surface area contributed by atoms with Crippen LogP contribution in [0.4, 0.5) is 4.39 Å². The molecule has 0 aliphatic rings. The smallest absolute Gasteiger partial charge is 0.123 e. The van der Waals surface area contributed by atoms with Crippen LogP contribution in [0.2, 0.25) is 0 Å². The van der Waals surface area contributed by atoms with Crippen molar-refractivity contribution < 1.29 is 4.39 Å². The van der Waals surface area contributed by atoms with Crippen LogP contribution in [0.3, 0.4) is 0 Å². The van der Waals surface area contributed by atoms with E-state index >= 15 is 0 Å². The van der Waals surface area contributed by atoms with Gasteiger partial charge in [0.15, 0.2) is 0 Å². The summed E-state index contributed by atoms with van der Waals surface area (Å²) >= 11 is 6.95. The Labute approximate surface area is 104 Å². The van der Waals surface area contributed by atoms with Gasteiger partial charge in [-0.2, -0.15) is 0 Å². The van der Waals surface area contributed by atoms with E-state index in [1.165, 1.54) is 12.1 Å². The molecule has 15 heavy (non-hydrogen) atoms. The zero-order valence-electron chi connectivity index (χ0n) is 7.94. The molecule has 2 rings (SSSR count). The lowest BCUT2D eigenvalue weighted by Gasteiger charge is -2.00. The molecule has 0 unspecified atom stereocenters. The average molecular weight is 333 g/mol. The molecule has 1 aromatic heterocycles. The molecule has 0 saturated carbocycles. The lowest BCUT2D eigenvalue weighted by atomic mass is 10.1. The largest absolute Gasteiger partial charge is 0.352 e. The highest BCUT2D eigenvalue weighted by Gasteiger charge is 2.12. The van der Waals surface area contributed by atoms with Crippen LogP contribution >= 0.6 is 31.9 Å². The molecule has 2 aromatic rings. The fraction of sp³-hybridized carbons (Fsp3) is 0.0909. The quantitative estimate of drug-likeness (QED) is 0.782. The molecule has 1 nitrogen and oxygen atoms in total. The second kappa shape index (κ2) is 4.10. The first-order valence-corrected chi connectivity index (χ1v) is 5.97. The lowest BCUT2D eigenvalue weighted by Crippen LogP contribution is -1.78. The molecule has 0 saturated heterocycles.